The first-order chi connectivity index (χ1) is 14.5. The number of halogens is 1. The van der Waals surface area contributed by atoms with Crippen LogP contribution < -0.4 is 9.82 Å². The van der Waals surface area contributed by atoms with Crippen LogP contribution in [0.25, 0.3) is 0 Å². The van der Waals surface area contributed by atoms with Gasteiger partial charge in [-0.15, -0.1) is 0 Å². The van der Waals surface area contributed by atoms with Gasteiger partial charge in [-0.05, 0) is 63.6 Å². The highest BCUT2D eigenvalue weighted by Gasteiger charge is 2.27. The summed E-state index contributed by atoms with van der Waals surface area (Å²) in [4.78, 5) is 0. The molecule has 2 atom stereocenters. The average molecular weight is 498 g/mol. The predicted octanol–water partition coefficient (Wildman–Crippen LogP) is 5.33. The van der Waals surface area contributed by atoms with Gasteiger partial charge in [-0.2, -0.15) is 0 Å². The summed E-state index contributed by atoms with van der Waals surface area (Å²) in [7, 11) is 3.11. The third kappa shape index (κ3) is 11.4. The van der Waals surface area contributed by atoms with Crippen molar-refractivity contribution >= 4 is 30.1 Å². The summed E-state index contributed by atoms with van der Waals surface area (Å²) in [5.41, 5.74) is 0.296. The topological polar surface area (TPSA) is 67.4 Å². The first kappa shape index (κ1) is 28.8. The first-order valence-corrected chi connectivity index (χ1v) is 13.3. The van der Waals surface area contributed by atoms with Crippen molar-refractivity contribution in [1.82, 2.24) is 5.09 Å². The molecule has 0 radical (unpaired) electrons. The molecule has 0 spiro atoms. The minimum atomic E-state index is -2.70. The zero-order valence-electron chi connectivity index (χ0n) is 19.6. The highest BCUT2D eigenvalue weighted by Crippen LogP contribution is 2.47. The van der Waals surface area contributed by atoms with E-state index >= 15 is 0 Å². The van der Waals surface area contributed by atoms with Crippen molar-refractivity contribution in [3.05, 3.63) is 28.8 Å². The molecule has 1 aromatic rings. The van der Waals surface area contributed by atoms with Crippen molar-refractivity contribution in [2.75, 3.05) is 47.2 Å². The minimum Gasteiger partial charge on any atom is -0.491 e. The Balaban J connectivity index is 2.63. The van der Waals surface area contributed by atoms with Gasteiger partial charge in [-0.1, -0.05) is 18.5 Å². The standard InChI is InChI=1S/C21H37ClNO6PS/c1-8-26-15-16(2)14-23-30(31,29-21(3,4)5)28-12-11-27-17-9-10-18(19(22)13-17)20(24-6)25-7/h9-10,13,16,20H,8,11-12,14-15H2,1-7H3,(H,23,31). The average Bonchev–Trinajstić information content (AvgIpc) is 2.69. The molecule has 1 aromatic carbocycles. The van der Waals surface area contributed by atoms with E-state index in [-0.39, 0.29) is 12.5 Å². The molecule has 0 saturated carbocycles. The van der Waals surface area contributed by atoms with Crippen LogP contribution in [0.15, 0.2) is 18.2 Å². The number of hydrogen-bond acceptors (Lipinski definition) is 7. The van der Waals surface area contributed by atoms with E-state index in [2.05, 4.69) is 12.0 Å². The van der Waals surface area contributed by atoms with Crippen molar-refractivity contribution in [3.8, 4) is 5.75 Å². The SMILES string of the molecule is CCOCC(C)CNP(=S)(OCCOc1ccc(C(OC)OC)c(Cl)c1)OC(C)(C)C. The minimum absolute atomic E-state index is 0.276. The van der Waals surface area contributed by atoms with Crippen molar-refractivity contribution in [1.29, 1.82) is 0 Å². The van der Waals surface area contributed by atoms with Gasteiger partial charge < -0.3 is 28.0 Å². The first-order valence-electron chi connectivity index (χ1n) is 10.3. The lowest BCUT2D eigenvalue weighted by molar-refractivity contribution is -0.105. The molecule has 0 fully saturated rings. The lowest BCUT2D eigenvalue weighted by atomic mass is 10.2. The number of nitrogens with one attached hydrogen (secondary N) is 1. The molecule has 0 aliphatic carbocycles. The summed E-state index contributed by atoms with van der Waals surface area (Å²) in [6.45, 7) is 9.80. The molecule has 0 saturated heterocycles. The maximum absolute atomic E-state index is 6.32. The summed E-state index contributed by atoms with van der Waals surface area (Å²) in [6.07, 6.45) is -0.527. The van der Waals surface area contributed by atoms with E-state index < -0.39 is 18.5 Å². The normalized spacial score (nSPS) is 15.1. The van der Waals surface area contributed by atoms with E-state index in [4.69, 9.17) is 51.4 Å². The van der Waals surface area contributed by atoms with Crippen LogP contribution in [0.4, 0.5) is 0 Å². The fourth-order valence-electron chi connectivity index (χ4n) is 2.57. The van der Waals surface area contributed by atoms with Crippen LogP contribution in [0.5, 0.6) is 5.75 Å². The molecule has 0 aliphatic heterocycles. The van der Waals surface area contributed by atoms with Crippen LogP contribution in [-0.2, 0) is 35.1 Å². The Kier molecular flexibility index (Phi) is 13.1. The van der Waals surface area contributed by atoms with Crippen LogP contribution in [-0.4, -0.2) is 52.8 Å². The number of hydrogen-bond donors (Lipinski definition) is 1. The van der Waals surface area contributed by atoms with Crippen molar-refractivity contribution in [3.63, 3.8) is 0 Å². The Labute approximate surface area is 197 Å². The Bertz CT molecular complexity index is 699. The zero-order valence-corrected chi connectivity index (χ0v) is 22.1. The third-order valence-corrected chi connectivity index (χ3v) is 7.04. The smallest absolute Gasteiger partial charge is 0.261 e. The van der Waals surface area contributed by atoms with Gasteiger partial charge in [-0.25, -0.2) is 5.09 Å². The molecule has 0 heterocycles. The molecule has 0 amide bonds. The molecule has 0 aliphatic rings. The molecule has 2 unspecified atom stereocenters. The lowest BCUT2D eigenvalue weighted by Gasteiger charge is -2.31. The molecule has 1 N–H and O–H groups in total. The van der Waals surface area contributed by atoms with Crippen LogP contribution in [0.1, 0.15) is 46.5 Å². The monoisotopic (exact) mass is 497 g/mol. The van der Waals surface area contributed by atoms with Gasteiger partial charge in [-0.3, -0.25) is 0 Å². The van der Waals surface area contributed by atoms with E-state index in [9.17, 15) is 0 Å². The van der Waals surface area contributed by atoms with Gasteiger partial charge in [0.05, 0.1) is 23.8 Å². The third-order valence-electron chi connectivity index (χ3n) is 3.90. The van der Waals surface area contributed by atoms with E-state index in [1.165, 1.54) is 0 Å². The summed E-state index contributed by atoms with van der Waals surface area (Å²) in [6, 6.07) is 5.34. The van der Waals surface area contributed by atoms with Crippen LogP contribution in [0.3, 0.4) is 0 Å². The summed E-state index contributed by atoms with van der Waals surface area (Å²) in [5.74, 6) is 0.904. The molecular weight excluding hydrogens is 461 g/mol. The zero-order chi connectivity index (χ0) is 23.5. The largest absolute Gasteiger partial charge is 0.491 e. The van der Waals surface area contributed by atoms with Crippen LogP contribution >= 0.6 is 18.2 Å². The van der Waals surface area contributed by atoms with Gasteiger partial charge in [0, 0.05) is 32.9 Å². The summed E-state index contributed by atoms with van der Waals surface area (Å²) < 4.78 is 33.7. The van der Waals surface area contributed by atoms with Gasteiger partial charge in [0.25, 0.3) is 6.64 Å². The van der Waals surface area contributed by atoms with E-state index in [1.807, 2.05) is 39.8 Å². The maximum Gasteiger partial charge on any atom is 0.261 e. The fraction of sp³-hybridized carbons (Fsp3) is 0.714. The Hall–Kier alpha value is -0.280. The maximum atomic E-state index is 6.32. The van der Waals surface area contributed by atoms with Crippen molar-refractivity contribution in [2.45, 2.75) is 46.5 Å². The van der Waals surface area contributed by atoms with Crippen LogP contribution in [0.2, 0.25) is 5.02 Å². The highest BCUT2D eigenvalue weighted by molar-refractivity contribution is 8.09. The Morgan fingerprint density at radius 2 is 1.84 bits per heavy atom. The fourth-order valence-corrected chi connectivity index (χ4v) is 5.72. The molecule has 31 heavy (non-hydrogen) atoms. The molecule has 10 heteroatoms. The van der Waals surface area contributed by atoms with Crippen molar-refractivity contribution < 1.29 is 28.0 Å². The summed E-state index contributed by atoms with van der Waals surface area (Å²) >= 11 is 12.0. The number of ether oxygens (including phenoxy) is 4. The molecule has 0 bridgehead atoms. The molecule has 7 nitrogen and oxygen atoms in total. The Morgan fingerprint density at radius 3 is 2.39 bits per heavy atom. The van der Waals surface area contributed by atoms with Gasteiger partial charge in [0.2, 0.25) is 0 Å². The van der Waals surface area contributed by atoms with E-state index in [0.29, 0.717) is 37.1 Å². The lowest BCUT2D eigenvalue weighted by Crippen LogP contribution is -2.29. The van der Waals surface area contributed by atoms with Gasteiger partial charge in [0.15, 0.2) is 6.29 Å². The van der Waals surface area contributed by atoms with E-state index in [0.717, 1.165) is 5.56 Å². The molecule has 180 valence electrons. The predicted molar refractivity (Wildman–Crippen MR) is 128 cm³/mol. The number of methoxy groups -OCH3 is 2. The second kappa shape index (κ2) is 14.1. The van der Waals surface area contributed by atoms with Gasteiger partial charge >= 0.3 is 0 Å². The van der Waals surface area contributed by atoms with E-state index in [1.54, 1.807) is 20.3 Å². The van der Waals surface area contributed by atoms with Gasteiger partial charge in [0.1, 0.15) is 12.4 Å². The second-order valence-electron chi connectivity index (χ2n) is 8.00. The number of rotatable bonds is 15. The molecule has 1 rings (SSSR count). The quantitative estimate of drug-likeness (QED) is 0.198. The molecular formula is C21H37ClNO6PS. The summed E-state index contributed by atoms with van der Waals surface area (Å²) in [5, 5.41) is 3.80. The molecule has 0 aromatic heterocycles. The van der Waals surface area contributed by atoms with Crippen molar-refractivity contribution in [2.24, 2.45) is 5.92 Å². The number of benzene rings is 1. The second-order valence-corrected chi connectivity index (χ2v) is 11.6. The Morgan fingerprint density at radius 1 is 1.16 bits per heavy atom. The highest BCUT2D eigenvalue weighted by atomic mass is 35.5. The van der Waals surface area contributed by atoms with Crippen LogP contribution in [0, 0.1) is 5.92 Å².